The summed E-state index contributed by atoms with van der Waals surface area (Å²) in [6.07, 6.45) is 0.782. The molecule has 0 radical (unpaired) electrons. The van der Waals surface area contributed by atoms with E-state index in [-0.39, 0.29) is 17.8 Å². The van der Waals surface area contributed by atoms with Crippen molar-refractivity contribution in [2.75, 3.05) is 17.7 Å². The number of halogens is 3. The molecule has 4 rings (SSSR count). The summed E-state index contributed by atoms with van der Waals surface area (Å²) in [7, 11) is 1.38. The van der Waals surface area contributed by atoms with Crippen LogP contribution in [0.25, 0.3) is 0 Å². The molecule has 10 heteroatoms. The molecule has 2 aliphatic rings. The van der Waals surface area contributed by atoms with Gasteiger partial charge in [0, 0.05) is 25.4 Å². The first-order valence-corrected chi connectivity index (χ1v) is 8.64. The molecule has 2 atom stereocenters. The van der Waals surface area contributed by atoms with Crippen molar-refractivity contribution in [1.29, 1.82) is 5.26 Å². The van der Waals surface area contributed by atoms with Crippen LogP contribution in [0, 0.1) is 16.7 Å². The highest BCUT2D eigenvalue weighted by Crippen LogP contribution is 2.56. The lowest BCUT2D eigenvalue weighted by molar-refractivity contribution is -0.137. The number of anilines is 3. The van der Waals surface area contributed by atoms with Crippen molar-refractivity contribution in [3.8, 4) is 6.07 Å². The quantitative estimate of drug-likeness (QED) is 0.823. The lowest BCUT2D eigenvalue weighted by atomic mass is 10.2. The summed E-state index contributed by atoms with van der Waals surface area (Å²) >= 11 is 0. The van der Waals surface area contributed by atoms with Gasteiger partial charge < -0.3 is 10.6 Å². The zero-order valence-electron chi connectivity index (χ0n) is 14.8. The molecule has 7 nitrogen and oxygen atoms in total. The van der Waals surface area contributed by atoms with Crippen LogP contribution in [0.3, 0.4) is 0 Å². The highest BCUT2D eigenvalue weighted by Gasteiger charge is 2.53. The molecule has 2 N–H and O–H groups in total. The summed E-state index contributed by atoms with van der Waals surface area (Å²) < 4.78 is 40.8. The Morgan fingerprint density at radius 2 is 2.11 bits per heavy atom. The van der Waals surface area contributed by atoms with E-state index in [1.807, 2.05) is 6.92 Å². The van der Waals surface area contributed by atoms with Crippen LogP contribution in [-0.4, -0.2) is 26.8 Å². The number of rotatable bonds is 5. The van der Waals surface area contributed by atoms with Crippen molar-refractivity contribution in [2.45, 2.75) is 44.3 Å². The van der Waals surface area contributed by atoms with Gasteiger partial charge in [-0.05, 0) is 26.2 Å². The van der Waals surface area contributed by atoms with Gasteiger partial charge >= 0.3 is 6.18 Å². The van der Waals surface area contributed by atoms with Crippen molar-refractivity contribution in [3.05, 3.63) is 23.7 Å². The molecule has 0 unspecified atom stereocenters. The number of hydrogen-bond acceptors (Lipinski definition) is 6. The Morgan fingerprint density at radius 3 is 2.67 bits per heavy atom. The molecule has 2 saturated carbocycles. The summed E-state index contributed by atoms with van der Waals surface area (Å²) in [6, 6.07) is 2.31. The predicted molar refractivity (Wildman–Crippen MR) is 91.4 cm³/mol. The van der Waals surface area contributed by atoms with Crippen LogP contribution < -0.4 is 10.6 Å². The van der Waals surface area contributed by atoms with Crippen LogP contribution in [0.15, 0.2) is 12.4 Å². The first-order chi connectivity index (χ1) is 12.7. The van der Waals surface area contributed by atoms with E-state index in [0.29, 0.717) is 11.6 Å². The van der Waals surface area contributed by atoms with Crippen LogP contribution in [-0.2, 0) is 6.18 Å². The van der Waals surface area contributed by atoms with Gasteiger partial charge in [-0.1, -0.05) is 0 Å². The van der Waals surface area contributed by atoms with Gasteiger partial charge in [0.05, 0.1) is 28.9 Å². The zero-order chi connectivity index (χ0) is 19.4. The third kappa shape index (κ3) is 3.18. The Balaban J connectivity index is 1.63. The molecule has 2 aromatic rings. The monoisotopic (exact) mass is 377 g/mol. The van der Waals surface area contributed by atoms with Crippen LogP contribution in [0.5, 0.6) is 0 Å². The first kappa shape index (κ1) is 17.6. The molecule has 27 heavy (non-hydrogen) atoms. The Hall–Kier alpha value is -2.83. The van der Waals surface area contributed by atoms with E-state index in [1.165, 1.54) is 7.05 Å². The normalized spacial score (nSPS) is 24.4. The standard InChI is InChI=1S/C17H18F3N7/c1-16(8-21)5-12(16)27-7-11(13(26-27)9-3-4-9)24-15-23-6-10(17(18,19)20)14(22-2)25-15/h6-7,9,12H,3-5H2,1-2H3,(H2,22,23,24,25)/t12-,16-/m0/s1. The Morgan fingerprint density at radius 1 is 1.37 bits per heavy atom. The second-order valence-electron chi connectivity index (χ2n) is 7.26. The summed E-state index contributed by atoms with van der Waals surface area (Å²) in [6.45, 7) is 1.89. The molecular weight excluding hydrogens is 359 g/mol. The minimum absolute atomic E-state index is 0.0111. The summed E-state index contributed by atoms with van der Waals surface area (Å²) in [5.74, 6) is 0.0892. The molecule has 0 saturated heterocycles. The lowest BCUT2D eigenvalue weighted by Crippen LogP contribution is -2.12. The predicted octanol–water partition coefficient (Wildman–Crippen LogP) is 3.83. The van der Waals surface area contributed by atoms with E-state index in [0.717, 1.165) is 31.2 Å². The molecule has 142 valence electrons. The van der Waals surface area contributed by atoms with Crippen LogP contribution in [0.2, 0.25) is 0 Å². The van der Waals surface area contributed by atoms with E-state index in [9.17, 15) is 18.4 Å². The van der Waals surface area contributed by atoms with Gasteiger partial charge in [-0.2, -0.15) is 28.5 Å². The maximum atomic E-state index is 13.0. The molecule has 0 aromatic carbocycles. The second-order valence-corrected chi connectivity index (χ2v) is 7.26. The molecule has 2 fully saturated rings. The highest BCUT2D eigenvalue weighted by atomic mass is 19.4. The van der Waals surface area contributed by atoms with Gasteiger partial charge in [0.1, 0.15) is 11.4 Å². The van der Waals surface area contributed by atoms with E-state index < -0.39 is 17.2 Å². The number of aromatic nitrogens is 4. The van der Waals surface area contributed by atoms with Crippen molar-refractivity contribution in [1.82, 2.24) is 19.7 Å². The van der Waals surface area contributed by atoms with E-state index in [2.05, 4.69) is 31.8 Å². The maximum Gasteiger partial charge on any atom is 0.421 e. The van der Waals surface area contributed by atoms with E-state index in [1.54, 1.807) is 10.9 Å². The summed E-state index contributed by atoms with van der Waals surface area (Å²) in [5.41, 5.74) is 0.175. The molecule has 2 aliphatic carbocycles. The average Bonchev–Trinajstić information content (AvgIpc) is 3.54. The number of nitriles is 1. The highest BCUT2D eigenvalue weighted by molar-refractivity contribution is 5.59. The third-order valence-electron chi connectivity index (χ3n) is 5.07. The van der Waals surface area contributed by atoms with Gasteiger partial charge in [0.25, 0.3) is 0 Å². The smallest absolute Gasteiger partial charge is 0.372 e. The molecule has 2 aromatic heterocycles. The second kappa shape index (κ2) is 5.84. The van der Waals surface area contributed by atoms with Crippen LogP contribution in [0.1, 0.15) is 49.4 Å². The van der Waals surface area contributed by atoms with Crippen molar-refractivity contribution in [2.24, 2.45) is 5.41 Å². The minimum atomic E-state index is -4.53. The van der Waals surface area contributed by atoms with Crippen LogP contribution >= 0.6 is 0 Å². The van der Waals surface area contributed by atoms with Crippen molar-refractivity contribution in [3.63, 3.8) is 0 Å². The molecule has 0 bridgehead atoms. The topological polar surface area (TPSA) is 91.5 Å². The Labute approximate surface area is 153 Å². The van der Waals surface area contributed by atoms with Gasteiger partial charge in [-0.15, -0.1) is 0 Å². The Bertz CT molecular complexity index is 926. The number of nitrogens with zero attached hydrogens (tertiary/aromatic N) is 5. The van der Waals surface area contributed by atoms with Crippen LogP contribution in [0.4, 0.5) is 30.6 Å². The van der Waals surface area contributed by atoms with Gasteiger partial charge in [0.15, 0.2) is 0 Å². The fourth-order valence-corrected chi connectivity index (χ4v) is 3.13. The van der Waals surface area contributed by atoms with Gasteiger partial charge in [-0.25, -0.2) is 4.98 Å². The third-order valence-corrected chi connectivity index (χ3v) is 5.07. The van der Waals surface area contributed by atoms with Crippen molar-refractivity contribution >= 4 is 17.5 Å². The lowest BCUT2D eigenvalue weighted by Gasteiger charge is -2.12. The fraction of sp³-hybridized carbons (Fsp3) is 0.529. The molecule has 0 aliphatic heterocycles. The van der Waals surface area contributed by atoms with E-state index in [4.69, 9.17) is 0 Å². The number of alkyl halides is 3. The Kier molecular flexibility index (Phi) is 3.80. The number of hydrogen-bond donors (Lipinski definition) is 2. The molecule has 0 amide bonds. The summed E-state index contributed by atoms with van der Waals surface area (Å²) in [5, 5.41) is 19.3. The van der Waals surface area contributed by atoms with E-state index >= 15 is 0 Å². The molecule has 0 spiro atoms. The SMILES string of the molecule is CNc1nc(Nc2cn([C@H]3C[C@@]3(C)C#N)nc2C2CC2)ncc1C(F)(F)F. The summed E-state index contributed by atoms with van der Waals surface area (Å²) in [4.78, 5) is 7.76. The fourth-order valence-electron chi connectivity index (χ4n) is 3.13. The molecular formula is C17H18F3N7. The van der Waals surface area contributed by atoms with Gasteiger partial charge in [-0.3, -0.25) is 4.68 Å². The minimum Gasteiger partial charge on any atom is -0.372 e. The molecule has 2 heterocycles. The van der Waals surface area contributed by atoms with Crippen molar-refractivity contribution < 1.29 is 13.2 Å². The van der Waals surface area contributed by atoms with Gasteiger partial charge in [0.2, 0.25) is 5.95 Å². The largest absolute Gasteiger partial charge is 0.421 e. The average molecular weight is 377 g/mol. The number of nitrogens with one attached hydrogen (secondary N) is 2. The zero-order valence-corrected chi connectivity index (χ0v) is 14.8. The maximum absolute atomic E-state index is 13.0. The first-order valence-electron chi connectivity index (χ1n) is 8.64.